The van der Waals surface area contributed by atoms with E-state index in [2.05, 4.69) is 0 Å². The van der Waals surface area contributed by atoms with Crippen LogP contribution in [0.3, 0.4) is 0 Å². The van der Waals surface area contributed by atoms with Gasteiger partial charge in [0.05, 0.1) is 6.61 Å². The van der Waals surface area contributed by atoms with Crippen LogP contribution in [0.25, 0.3) is 0 Å². The number of aliphatic hydroxyl groups excluding tert-OH is 3. The lowest BCUT2D eigenvalue weighted by molar-refractivity contribution is -0.145. The number of aliphatic hydroxyl groups is 4. The molecule has 1 aliphatic carbocycles. The fraction of sp³-hybridized carbons (Fsp3) is 0.308. The van der Waals surface area contributed by atoms with Gasteiger partial charge in [-0.2, -0.15) is 0 Å². The summed E-state index contributed by atoms with van der Waals surface area (Å²) in [6.45, 7) is -0.894. The molecule has 4 N–H and O–H groups in total. The van der Waals surface area contributed by atoms with Crippen molar-refractivity contribution in [3.05, 3.63) is 47.5 Å². The third-order valence-corrected chi connectivity index (χ3v) is 3.13. The first-order valence-electron chi connectivity index (χ1n) is 5.51. The third-order valence-electron chi connectivity index (χ3n) is 3.13. The van der Waals surface area contributed by atoms with Crippen LogP contribution in [-0.2, 0) is 4.79 Å². The van der Waals surface area contributed by atoms with E-state index in [-0.39, 0.29) is 5.57 Å². The van der Waals surface area contributed by atoms with Gasteiger partial charge in [0.1, 0.15) is 12.2 Å². The fourth-order valence-electron chi connectivity index (χ4n) is 1.96. The highest BCUT2D eigenvalue weighted by molar-refractivity contribution is 6.06. The van der Waals surface area contributed by atoms with E-state index in [0.717, 1.165) is 6.08 Å². The van der Waals surface area contributed by atoms with Crippen molar-refractivity contribution in [1.29, 1.82) is 0 Å². The van der Waals surface area contributed by atoms with Gasteiger partial charge in [0.25, 0.3) is 0 Å². The molecule has 0 aromatic heterocycles. The molecule has 0 bridgehead atoms. The predicted molar refractivity (Wildman–Crippen MR) is 62.5 cm³/mol. The molecule has 0 aliphatic heterocycles. The second-order valence-corrected chi connectivity index (χ2v) is 4.29. The molecule has 0 amide bonds. The third kappa shape index (κ3) is 1.87. The molecule has 0 fully saturated rings. The molecule has 1 aliphatic rings. The average Bonchev–Trinajstić information content (AvgIpc) is 2.64. The molecule has 0 saturated carbocycles. The molecule has 96 valence electrons. The first kappa shape index (κ1) is 12.9. The Morgan fingerprint density at radius 3 is 2.39 bits per heavy atom. The zero-order chi connectivity index (χ0) is 13.3. The Bertz CT molecular complexity index is 481. The van der Waals surface area contributed by atoms with E-state index < -0.39 is 30.2 Å². The second kappa shape index (κ2) is 4.62. The van der Waals surface area contributed by atoms with Crippen molar-refractivity contribution < 1.29 is 25.2 Å². The van der Waals surface area contributed by atoms with Crippen molar-refractivity contribution in [1.82, 2.24) is 0 Å². The summed E-state index contributed by atoms with van der Waals surface area (Å²) in [6, 6.07) is 8.42. The molecule has 5 heteroatoms. The Morgan fingerprint density at radius 2 is 1.89 bits per heavy atom. The maximum Gasteiger partial charge on any atom is 0.198 e. The Hall–Kier alpha value is -1.53. The lowest BCUT2D eigenvalue weighted by Gasteiger charge is -2.22. The molecule has 18 heavy (non-hydrogen) atoms. The molecular formula is C13H14O5. The van der Waals surface area contributed by atoms with Crippen LogP contribution in [0.1, 0.15) is 11.7 Å². The molecule has 0 spiro atoms. The summed E-state index contributed by atoms with van der Waals surface area (Å²) in [5, 5.41) is 38.4. The quantitative estimate of drug-likeness (QED) is 0.569. The van der Waals surface area contributed by atoms with E-state index in [1.54, 1.807) is 30.3 Å². The molecular weight excluding hydrogens is 236 g/mol. The number of carbonyl (C=O) groups excluding carboxylic acids is 1. The highest BCUT2D eigenvalue weighted by atomic mass is 16.4. The highest BCUT2D eigenvalue weighted by Gasteiger charge is 2.49. The fourth-order valence-corrected chi connectivity index (χ4v) is 1.96. The molecule has 0 heterocycles. The number of carbonyl (C=O) groups is 1. The van der Waals surface area contributed by atoms with Crippen LogP contribution in [0.4, 0.5) is 0 Å². The van der Waals surface area contributed by atoms with E-state index in [4.69, 9.17) is 5.11 Å². The summed E-state index contributed by atoms with van der Waals surface area (Å²) in [5.41, 5.74) is -1.87. The molecule has 3 atom stereocenters. The summed E-state index contributed by atoms with van der Waals surface area (Å²) < 4.78 is 0. The van der Waals surface area contributed by atoms with Gasteiger partial charge in [-0.15, -0.1) is 0 Å². The van der Waals surface area contributed by atoms with Crippen LogP contribution in [0.2, 0.25) is 0 Å². The first-order valence-corrected chi connectivity index (χ1v) is 5.51. The van der Waals surface area contributed by atoms with Gasteiger partial charge in [0.2, 0.25) is 0 Å². The van der Waals surface area contributed by atoms with Crippen molar-refractivity contribution in [2.75, 3.05) is 6.61 Å². The molecule has 1 unspecified atom stereocenters. The number of rotatable bonds is 3. The van der Waals surface area contributed by atoms with Crippen molar-refractivity contribution in [3.63, 3.8) is 0 Å². The Kier molecular flexibility index (Phi) is 3.32. The zero-order valence-electron chi connectivity index (χ0n) is 9.52. The molecule has 0 saturated heterocycles. The van der Waals surface area contributed by atoms with Crippen molar-refractivity contribution >= 4 is 5.78 Å². The molecule has 1 aromatic rings. The van der Waals surface area contributed by atoms with Gasteiger partial charge in [-0.1, -0.05) is 30.3 Å². The van der Waals surface area contributed by atoms with Gasteiger partial charge in [-0.05, 0) is 11.6 Å². The van der Waals surface area contributed by atoms with Crippen LogP contribution in [0.15, 0.2) is 42.0 Å². The van der Waals surface area contributed by atoms with Gasteiger partial charge in [0.15, 0.2) is 11.4 Å². The summed E-state index contributed by atoms with van der Waals surface area (Å²) in [4.78, 5) is 11.9. The molecule has 0 radical (unpaired) electrons. The van der Waals surface area contributed by atoms with E-state index in [9.17, 15) is 20.1 Å². The minimum Gasteiger partial charge on any atom is -0.393 e. The van der Waals surface area contributed by atoms with Gasteiger partial charge in [-0.3, -0.25) is 4.79 Å². The van der Waals surface area contributed by atoms with Gasteiger partial charge in [-0.25, -0.2) is 0 Å². The predicted octanol–water partition coefficient (Wildman–Crippen LogP) is -0.687. The van der Waals surface area contributed by atoms with Crippen molar-refractivity contribution in [2.45, 2.75) is 17.8 Å². The normalized spacial score (nSPS) is 29.2. The van der Waals surface area contributed by atoms with Crippen LogP contribution < -0.4 is 0 Å². The number of benzene rings is 1. The van der Waals surface area contributed by atoms with Gasteiger partial charge >= 0.3 is 0 Å². The second-order valence-electron chi connectivity index (χ2n) is 4.29. The number of Topliss-reactive ketones (excluding diaryl/α,β-unsaturated/α-hetero) is 1. The van der Waals surface area contributed by atoms with E-state index in [0.29, 0.717) is 5.56 Å². The van der Waals surface area contributed by atoms with E-state index >= 15 is 0 Å². The minimum atomic E-state index is -2.24. The van der Waals surface area contributed by atoms with Crippen LogP contribution in [0.5, 0.6) is 0 Å². The number of hydrogen-bond donors (Lipinski definition) is 4. The Labute approximate surface area is 104 Å². The zero-order valence-corrected chi connectivity index (χ0v) is 9.52. The maximum atomic E-state index is 11.9. The van der Waals surface area contributed by atoms with Gasteiger partial charge < -0.3 is 20.4 Å². The highest BCUT2D eigenvalue weighted by Crippen LogP contribution is 2.33. The Balaban J connectivity index is 2.31. The van der Waals surface area contributed by atoms with Crippen molar-refractivity contribution in [2.24, 2.45) is 0 Å². The Morgan fingerprint density at radius 1 is 1.28 bits per heavy atom. The SMILES string of the molecule is O=C1C(C(O)c2ccccc2)=C[C@@H](O)[C@]1(O)CO. The average molecular weight is 250 g/mol. The summed E-state index contributed by atoms with van der Waals surface area (Å²) >= 11 is 0. The van der Waals surface area contributed by atoms with Crippen molar-refractivity contribution in [3.8, 4) is 0 Å². The molecule has 2 rings (SSSR count). The van der Waals surface area contributed by atoms with Crippen LogP contribution in [-0.4, -0.2) is 44.5 Å². The first-order chi connectivity index (χ1) is 8.50. The van der Waals surface area contributed by atoms with E-state index in [1.807, 2.05) is 0 Å². The smallest absolute Gasteiger partial charge is 0.198 e. The monoisotopic (exact) mass is 250 g/mol. The number of hydrogen-bond acceptors (Lipinski definition) is 5. The lowest BCUT2D eigenvalue weighted by atomic mass is 9.93. The summed E-state index contributed by atoms with van der Waals surface area (Å²) in [7, 11) is 0. The summed E-state index contributed by atoms with van der Waals surface area (Å²) in [6.07, 6.45) is -1.66. The molecule has 5 nitrogen and oxygen atoms in total. The summed E-state index contributed by atoms with van der Waals surface area (Å²) in [5.74, 6) is -0.853. The maximum absolute atomic E-state index is 11.9. The molecule has 1 aromatic carbocycles. The van der Waals surface area contributed by atoms with E-state index in [1.165, 1.54) is 0 Å². The minimum absolute atomic E-state index is 0.106. The van der Waals surface area contributed by atoms with Crippen LogP contribution >= 0.6 is 0 Å². The van der Waals surface area contributed by atoms with Crippen LogP contribution in [0, 0.1) is 0 Å². The lowest BCUT2D eigenvalue weighted by Crippen LogP contribution is -2.48. The standard InChI is InChI=1S/C13H14O5/c14-7-13(18)10(15)6-9(12(13)17)11(16)8-4-2-1-3-5-8/h1-6,10-11,14-16,18H,7H2/t10-,11?,13-/m1/s1. The van der Waals surface area contributed by atoms with Gasteiger partial charge in [0, 0.05) is 5.57 Å². The largest absolute Gasteiger partial charge is 0.393 e. The topological polar surface area (TPSA) is 98.0 Å². The number of ketones is 1.